The van der Waals surface area contributed by atoms with Crippen LogP contribution in [0.3, 0.4) is 0 Å². The summed E-state index contributed by atoms with van der Waals surface area (Å²) in [6, 6.07) is 14.1. The van der Waals surface area contributed by atoms with Crippen LogP contribution in [0.1, 0.15) is 20.7 Å². The van der Waals surface area contributed by atoms with Crippen LogP contribution in [-0.4, -0.2) is 94.8 Å². The Balaban J connectivity index is 0.000000257. The highest BCUT2D eigenvalue weighted by Gasteiger charge is 2.15. The number of hydrogen-bond acceptors (Lipinski definition) is 8. The Hall–Kier alpha value is -2.81. The number of benzene rings is 2. The van der Waals surface area contributed by atoms with Crippen molar-refractivity contribution in [2.45, 2.75) is 0 Å². The smallest absolute Gasteiger partial charge is 0.341 e. The van der Waals surface area contributed by atoms with Gasteiger partial charge in [0.05, 0.1) is 20.1 Å². The van der Waals surface area contributed by atoms with Crippen LogP contribution >= 0.6 is 11.6 Å². The molecule has 1 aliphatic heterocycles. The van der Waals surface area contributed by atoms with Gasteiger partial charge in [-0.25, -0.2) is 9.59 Å². The van der Waals surface area contributed by atoms with Gasteiger partial charge in [-0.2, -0.15) is 0 Å². The Morgan fingerprint density at radius 3 is 1.74 bits per heavy atom. The second-order valence-electron chi connectivity index (χ2n) is 7.51. The Labute approximate surface area is 206 Å². The van der Waals surface area contributed by atoms with Crippen molar-refractivity contribution in [1.82, 2.24) is 9.80 Å². The first-order valence-corrected chi connectivity index (χ1v) is 11.6. The third-order valence-corrected chi connectivity index (χ3v) is 5.33. The third-order valence-electron chi connectivity index (χ3n) is 5.18. The lowest BCUT2D eigenvalue weighted by molar-refractivity contribution is 0.0586. The van der Waals surface area contributed by atoms with E-state index >= 15 is 0 Å². The summed E-state index contributed by atoms with van der Waals surface area (Å²) in [5.74, 6) is 0.707. The molecule has 9 heteroatoms. The van der Waals surface area contributed by atoms with Gasteiger partial charge in [0.25, 0.3) is 0 Å². The van der Waals surface area contributed by atoms with Gasteiger partial charge < -0.3 is 23.8 Å². The number of ether oxygens (including phenoxy) is 4. The average Bonchev–Trinajstić information content (AvgIpc) is 2.88. The molecule has 0 aromatic heterocycles. The first kappa shape index (κ1) is 27.4. The lowest BCUT2D eigenvalue weighted by Crippen LogP contribution is -2.45. The molecule has 0 bridgehead atoms. The molecule has 3 rings (SSSR count). The van der Waals surface area contributed by atoms with Crippen molar-refractivity contribution < 1.29 is 28.5 Å². The lowest BCUT2D eigenvalue weighted by Gasteiger charge is -2.32. The lowest BCUT2D eigenvalue weighted by atomic mass is 10.2. The van der Waals surface area contributed by atoms with Crippen molar-refractivity contribution in [2.24, 2.45) is 0 Å². The zero-order chi connectivity index (χ0) is 24.8. The van der Waals surface area contributed by atoms with Crippen molar-refractivity contribution in [1.29, 1.82) is 0 Å². The summed E-state index contributed by atoms with van der Waals surface area (Å²) in [6.45, 7) is 6.16. The predicted molar refractivity (Wildman–Crippen MR) is 131 cm³/mol. The van der Waals surface area contributed by atoms with Crippen LogP contribution in [0.25, 0.3) is 0 Å². The Morgan fingerprint density at radius 2 is 1.26 bits per heavy atom. The topological polar surface area (TPSA) is 77.5 Å². The number of likely N-dealkylation sites (N-methyl/N-ethyl adjacent to an activating group) is 1. The van der Waals surface area contributed by atoms with E-state index in [2.05, 4.69) is 21.6 Å². The summed E-state index contributed by atoms with van der Waals surface area (Å²) < 4.78 is 20.4. The molecule has 0 spiro atoms. The molecular formula is C25H33ClN2O6. The number of para-hydroxylation sites is 2. The van der Waals surface area contributed by atoms with Crippen LogP contribution in [0.2, 0.25) is 0 Å². The number of esters is 2. The number of carbonyl (C=O) groups is 2. The van der Waals surface area contributed by atoms with Gasteiger partial charge in [-0.15, -0.1) is 11.6 Å². The third kappa shape index (κ3) is 8.85. The molecule has 0 N–H and O–H groups in total. The molecule has 0 radical (unpaired) electrons. The summed E-state index contributed by atoms with van der Waals surface area (Å²) in [5.41, 5.74) is 0.897. The van der Waals surface area contributed by atoms with E-state index in [1.165, 1.54) is 14.2 Å². The average molecular weight is 493 g/mol. The van der Waals surface area contributed by atoms with Crippen LogP contribution in [-0.2, 0) is 9.47 Å². The number of hydrogen-bond donors (Lipinski definition) is 0. The standard InChI is InChI=1S/C15H22N2O3.C10H11ClO3/c1-16-7-9-17(10-8-16)11-12-20-14-6-4-3-5-13(14)15(18)19-2;1-13-10(12)8-4-2-3-5-9(8)14-7-6-11/h3-6H,7-12H2,1-2H3;2-5H,6-7H2,1H3. The van der Waals surface area contributed by atoms with Crippen molar-refractivity contribution in [3.63, 3.8) is 0 Å². The minimum atomic E-state index is -0.407. The van der Waals surface area contributed by atoms with Gasteiger partial charge in [0.2, 0.25) is 0 Å². The maximum absolute atomic E-state index is 11.6. The SMILES string of the molecule is COC(=O)c1ccccc1OCCCl.COC(=O)c1ccccc1OCCN1CCN(C)CC1. The molecule has 0 saturated carbocycles. The number of rotatable bonds is 9. The van der Waals surface area contributed by atoms with Crippen molar-refractivity contribution >= 4 is 23.5 Å². The zero-order valence-corrected chi connectivity index (χ0v) is 20.8. The van der Waals surface area contributed by atoms with E-state index in [0.717, 1.165) is 32.7 Å². The van der Waals surface area contributed by atoms with Gasteiger partial charge in [0.1, 0.15) is 35.8 Å². The highest BCUT2D eigenvalue weighted by Crippen LogP contribution is 2.19. The Kier molecular flexibility index (Phi) is 12.2. The van der Waals surface area contributed by atoms with Crippen molar-refractivity contribution in [3.8, 4) is 11.5 Å². The van der Waals surface area contributed by atoms with Gasteiger partial charge in [-0.1, -0.05) is 24.3 Å². The number of piperazine rings is 1. The normalized spacial score (nSPS) is 13.9. The predicted octanol–water partition coefficient (Wildman–Crippen LogP) is 3.19. The van der Waals surface area contributed by atoms with Gasteiger partial charge in [-0.05, 0) is 31.3 Å². The summed E-state index contributed by atoms with van der Waals surface area (Å²) in [4.78, 5) is 27.6. The molecule has 0 atom stereocenters. The summed E-state index contributed by atoms with van der Waals surface area (Å²) in [6.07, 6.45) is 0. The van der Waals surface area contributed by atoms with Crippen LogP contribution in [0.5, 0.6) is 11.5 Å². The van der Waals surface area contributed by atoms with E-state index in [-0.39, 0.29) is 5.97 Å². The molecule has 0 aliphatic carbocycles. The van der Waals surface area contributed by atoms with Gasteiger partial charge in [0.15, 0.2) is 0 Å². The summed E-state index contributed by atoms with van der Waals surface area (Å²) >= 11 is 5.48. The highest BCUT2D eigenvalue weighted by atomic mass is 35.5. The fraction of sp³-hybridized carbons (Fsp3) is 0.440. The van der Waals surface area contributed by atoms with E-state index in [0.29, 0.717) is 41.7 Å². The monoisotopic (exact) mass is 492 g/mol. The largest absolute Gasteiger partial charge is 0.491 e. The van der Waals surface area contributed by atoms with E-state index in [1.54, 1.807) is 42.5 Å². The van der Waals surface area contributed by atoms with E-state index in [4.69, 9.17) is 25.8 Å². The zero-order valence-electron chi connectivity index (χ0n) is 20.0. The quantitative estimate of drug-likeness (QED) is 0.390. The molecule has 1 heterocycles. The summed E-state index contributed by atoms with van der Waals surface area (Å²) in [7, 11) is 4.85. The number of carbonyl (C=O) groups excluding carboxylic acids is 2. The van der Waals surface area contributed by atoms with Gasteiger partial charge in [-0.3, -0.25) is 4.90 Å². The molecule has 34 heavy (non-hydrogen) atoms. The molecular weight excluding hydrogens is 460 g/mol. The van der Waals surface area contributed by atoms with E-state index < -0.39 is 5.97 Å². The Bertz CT molecular complexity index is 902. The molecule has 1 saturated heterocycles. The minimum Gasteiger partial charge on any atom is -0.491 e. The minimum absolute atomic E-state index is 0.361. The van der Waals surface area contributed by atoms with E-state index in [1.807, 2.05) is 6.07 Å². The van der Waals surface area contributed by atoms with Crippen molar-refractivity contribution in [2.75, 3.05) is 73.1 Å². The van der Waals surface area contributed by atoms with Crippen LogP contribution in [0, 0.1) is 0 Å². The van der Waals surface area contributed by atoms with Crippen molar-refractivity contribution in [3.05, 3.63) is 59.7 Å². The maximum atomic E-state index is 11.6. The number of halogens is 1. The molecule has 1 aliphatic rings. The van der Waals surface area contributed by atoms with Crippen LogP contribution < -0.4 is 9.47 Å². The summed E-state index contributed by atoms with van der Waals surface area (Å²) in [5, 5.41) is 0. The molecule has 0 unspecified atom stereocenters. The number of nitrogens with zero attached hydrogens (tertiary/aromatic N) is 2. The maximum Gasteiger partial charge on any atom is 0.341 e. The van der Waals surface area contributed by atoms with Gasteiger partial charge >= 0.3 is 11.9 Å². The first-order valence-electron chi connectivity index (χ1n) is 11.1. The number of methoxy groups -OCH3 is 2. The van der Waals surface area contributed by atoms with E-state index in [9.17, 15) is 9.59 Å². The van der Waals surface area contributed by atoms with Crippen LogP contribution in [0.15, 0.2) is 48.5 Å². The highest BCUT2D eigenvalue weighted by molar-refractivity contribution is 6.18. The fourth-order valence-electron chi connectivity index (χ4n) is 3.25. The molecule has 8 nitrogen and oxygen atoms in total. The second kappa shape index (κ2) is 15.2. The molecule has 1 fully saturated rings. The molecule has 0 amide bonds. The number of alkyl halides is 1. The van der Waals surface area contributed by atoms with Gasteiger partial charge in [0, 0.05) is 32.7 Å². The van der Waals surface area contributed by atoms with Crippen LogP contribution in [0.4, 0.5) is 0 Å². The molecule has 186 valence electrons. The molecule has 2 aromatic rings. The fourth-order valence-corrected chi connectivity index (χ4v) is 3.32. The Morgan fingerprint density at radius 1 is 0.794 bits per heavy atom. The first-order chi connectivity index (χ1) is 16.5. The second-order valence-corrected chi connectivity index (χ2v) is 7.88. The molecule has 2 aromatic carbocycles.